The molecule has 0 spiro atoms. The zero-order chi connectivity index (χ0) is 16.5. The van der Waals surface area contributed by atoms with Crippen molar-refractivity contribution in [3.05, 3.63) is 57.0 Å². The van der Waals surface area contributed by atoms with E-state index >= 15 is 0 Å². The fourth-order valence-corrected chi connectivity index (χ4v) is 2.47. The summed E-state index contributed by atoms with van der Waals surface area (Å²) < 4.78 is 43.3. The molecule has 0 aliphatic carbocycles. The molecule has 0 radical (unpaired) electrons. The molecule has 0 heterocycles. The van der Waals surface area contributed by atoms with Crippen molar-refractivity contribution in [2.75, 3.05) is 0 Å². The van der Waals surface area contributed by atoms with Crippen LogP contribution in [-0.2, 0) is 6.18 Å². The molecule has 2 rings (SSSR count). The Morgan fingerprint density at radius 3 is 2.36 bits per heavy atom. The van der Waals surface area contributed by atoms with E-state index in [9.17, 15) is 18.0 Å². The molecule has 0 aliphatic rings. The van der Waals surface area contributed by atoms with Crippen molar-refractivity contribution in [3.63, 3.8) is 0 Å². The third kappa shape index (κ3) is 3.94. The molecule has 0 saturated heterocycles. The summed E-state index contributed by atoms with van der Waals surface area (Å²) in [5, 5.41) is -0.610. The number of carbonyl (C=O) groups excluding carboxylic acids is 1. The highest BCUT2D eigenvalue weighted by Gasteiger charge is 2.31. The first-order valence-corrected chi connectivity index (χ1v) is 7.27. The Hall–Kier alpha value is -1.24. The SMILES string of the molecule is O=C(Cl)c1cc(Oc2ccc(C(F)(F)F)cc2Br)ccc1Cl. The van der Waals surface area contributed by atoms with E-state index in [4.69, 9.17) is 27.9 Å². The van der Waals surface area contributed by atoms with Crippen LogP contribution in [0.2, 0.25) is 5.02 Å². The van der Waals surface area contributed by atoms with Crippen molar-refractivity contribution < 1.29 is 22.7 Å². The number of hydrogen-bond donors (Lipinski definition) is 0. The molecule has 2 nitrogen and oxygen atoms in total. The molecule has 0 unspecified atom stereocenters. The lowest BCUT2D eigenvalue weighted by Crippen LogP contribution is -2.04. The first-order valence-electron chi connectivity index (χ1n) is 5.72. The fourth-order valence-electron chi connectivity index (χ4n) is 1.61. The third-order valence-electron chi connectivity index (χ3n) is 2.64. The Morgan fingerprint density at radius 2 is 1.82 bits per heavy atom. The average molecular weight is 414 g/mol. The first-order chi connectivity index (χ1) is 10.2. The lowest BCUT2D eigenvalue weighted by Gasteiger charge is -2.12. The minimum Gasteiger partial charge on any atom is -0.456 e. The smallest absolute Gasteiger partial charge is 0.416 e. The van der Waals surface area contributed by atoms with Crippen molar-refractivity contribution in [1.29, 1.82) is 0 Å². The highest BCUT2D eigenvalue weighted by molar-refractivity contribution is 9.10. The van der Waals surface area contributed by atoms with Crippen molar-refractivity contribution in [3.8, 4) is 11.5 Å². The lowest BCUT2D eigenvalue weighted by molar-refractivity contribution is -0.137. The maximum atomic E-state index is 12.6. The largest absolute Gasteiger partial charge is 0.456 e. The number of hydrogen-bond acceptors (Lipinski definition) is 2. The van der Waals surface area contributed by atoms with E-state index in [2.05, 4.69) is 15.9 Å². The second kappa shape index (κ2) is 6.48. The lowest BCUT2D eigenvalue weighted by atomic mass is 10.2. The second-order valence-electron chi connectivity index (χ2n) is 4.16. The van der Waals surface area contributed by atoms with Gasteiger partial charge in [0.05, 0.1) is 20.6 Å². The van der Waals surface area contributed by atoms with Gasteiger partial charge in [-0.2, -0.15) is 13.2 Å². The van der Waals surface area contributed by atoms with Crippen LogP contribution in [0.1, 0.15) is 15.9 Å². The number of ether oxygens (including phenoxy) is 1. The number of rotatable bonds is 3. The van der Waals surface area contributed by atoms with Gasteiger partial charge in [-0.1, -0.05) is 11.6 Å². The molecule has 0 aliphatic heterocycles. The van der Waals surface area contributed by atoms with Crippen molar-refractivity contribution in [2.24, 2.45) is 0 Å². The van der Waals surface area contributed by atoms with Crippen LogP contribution in [0.3, 0.4) is 0 Å². The van der Waals surface area contributed by atoms with E-state index in [1.165, 1.54) is 24.3 Å². The second-order valence-corrected chi connectivity index (χ2v) is 5.77. The van der Waals surface area contributed by atoms with Gasteiger partial charge in [0.25, 0.3) is 5.24 Å². The van der Waals surface area contributed by atoms with Crippen LogP contribution in [0.25, 0.3) is 0 Å². The van der Waals surface area contributed by atoms with Gasteiger partial charge in [-0.3, -0.25) is 4.79 Å². The van der Waals surface area contributed by atoms with Gasteiger partial charge in [-0.25, -0.2) is 0 Å². The topological polar surface area (TPSA) is 26.3 Å². The minimum atomic E-state index is -4.44. The van der Waals surface area contributed by atoms with Crippen LogP contribution in [0.15, 0.2) is 40.9 Å². The van der Waals surface area contributed by atoms with Gasteiger partial charge in [-0.15, -0.1) is 0 Å². The van der Waals surface area contributed by atoms with E-state index in [1.54, 1.807) is 0 Å². The molecule has 0 N–H and O–H groups in total. The molecule has 2 aromatic carbocycles. The van der Waals surface area contributed by atoms with Crippen LogP contribution in [0.4, 0.5) is 13.2 Å². The van der Waals surface area contributed by atoms with Crippen LogP contribution in [0, 0.1) is 0 Å². The van der Waals surface area contributed by atoms with E-state index in [0.717, 1.165) is 12.1 Å². The van der Waals surface area contributed by atoms with Gasteiger partial charge < -0.3 is 4.74 Å². The molecule has 22 heavy (non-hydrogen) atoms. The van der Waals surface area contributed by atoms with Crippen LogP contribution in [-0.4, -0.2) is 5.24 Å². The standard InChI is InChI=1S/C14H6BrCl2F3O2/c15-10-5-7(14(18,19)20)1-4-12(10)22-8-2-3-11(16)9(6-8)13(17)21/h1-6H. The quantitative estimate of drug-likeness (QED) is 0.552. The molecule has 0 bridgehead atoms. The first kappa shape index (κ1) is 17.1. The van der Waals surface area contributed by atoms with Crippen molar-refractivity contribution >= 4 is 44.4 Å². The Labute approximate surface area is 141 Å². The summed E-state index contributed by atoms with van der Waals surface area (Å²) in [5.41, 5.74) is -0.761. The Bertz CT molecular complexity index is 733. The summed E-state index contributed by atoms with van der Waals surface area (Å²) in [6, 6.07) is 7.15. The van der Waals surface area contributed by atoms with Crippen LogP contribution in [0.5, 0.6) is 11.5 Å². The summed E-state index contributed by atoms with van der Waals surface area (Å²) in [6.07, 6.45) is -4.44. The predicted molar refractivity (Wildman–Crippen MR) is 80.9 cm³/mol. The van der Waals surface area contributed by atoms with Crippen LogP contribution >= 0.6 is 39.1 Å². The van der Waals surface area contributed by atoms with Gasteiger partial charge in [-0.05, 0) is 63.9 Å². The molecule has 2 aromatic rings. The zero-order valence-electron chi connectivity index (χ0n) is 10.5. The summed E-state index contributed by atoms with van der Waals surface area (Å²) >= 11 is 14.2. The average Bonchev–Trinajstić information content (AvgIpc) is 2.41. The maximum Gasteiger partial charge on any atom is 0.416 e. The van der Waals surface area contributed by atoms with Gasteiger partial charge in [0.1, 0.15) is 11.5 Å². The summed E-state index contributed by atoms with van der Waals surface area (Å²) in [5.74, 6) is 0.372. The summed E-state index contributed by atoms with van der Waals surface area (Å²) in [6.45, 7) is 0. The van der Waals surface area contributed by atoms with Crippen LogP contribution < -0.4 is 4.74 Å². The molecule has 0 atom stereocenters. The Kier molecular flexibility index (Phi) is 5.04. The molecular weight excluding hydrogens is 408 g/mol. The third-order valence-corrected chi connectivity index (χ3v) is 3.79. The van der Waals surface area contributed by atoms with Gasteiger partial charge in [0, 0.05) is 0 Å². The van der Waals surface area contributed by atoms with Gasteiger partial charge >= 0.3 is 6.18 Å². The summed E-state index contributed by atoms with van der Waals surface area (Å²) in [4.78, 5) is 11.2. The predicted octanol–water partition coefficient (Wildman–Crippen LogP) is 6.29. The monoisotopic (exact) mass is 412 g/mol. The molecular formula is C14H6BrCl2F3O2. The number of halogens is 6. The van der Waals surface area contributed by atoms with E-state index in [-0.39, 0.29) is 26.6 Å². The number of carbonyl (C=O) groups is 1. The van der Waals surface area contributed by atoms with E-state index < -0.39 is 17.0 Å². The molecule has 8 heteroatoms. The highest BCUT2D eigenvalue weighted by atomic mass is 79.9. The molecule has 0 fully saturated rings. The summed E-state index contributed by atoms with van der Waals surface area (Å²) in [7, 11) is 0. The van der Waals surface area contributed by atoms with E-state index in [0.29, 0.717) is 0 Å². The Balaban J connectivity index is 2.32. The molecule has 0 aromatic heterocycles. The normalized spacial score (nSPS) is 11.4. The molecule has 116 valence electrons. The number of benzene rings is 2. The fraction of sp³-hybridized carbons (Fsp3) is 0.0714. The van der Waals surface area contributed by atoms with E-state index in [1.807, 2.05) is 0 Å². The van der Waals surface area contributed by atoms with Crippen molar-refractivity contribution in [1.82, 2.24) is 0 Å². The highest BCUT2D eigenvalue weighted by Crippen LogP contribution is 2.37. The maximum absolute atomic E-state index is 12.6. The van der Waals surface area contributed by atoms with Gasteiger partial charge in [0.2, 0.25) is 0 Å². The Morgan fingerprint density at radius 1 is 1.14 bits per heavy atom. The zero-order valence-corrected chi connectivity index (χ0v) is 13.6. The van der Waals surface area contributed by atoms with Gasteiger partial charge in [0.15, 0.2) is 0 Å². The minimum absolute atomic E-state index is 0.0452. The van der Waals surface area contributed by atoms with Crippen molar-refractivity contribution in [2.45, 2.75) is 6.18 Å². The molecule has 0 saturated carbocycles. The number of alkyl halides is 3. The molecule has 0 amide bonds.